The molecule has 0 saturated heterocycles. The van der Waals surface area contributed by atoms with Crippen LogP contribution < -0.4 is 10.1 Å². The van der Waals surface area contributed by atoms with Crippen molar-refractivity contribution in [3.8, 4) is 5.75 Å². The van der Waals surface area contributed by atoms with E-state index >= 15 is 0 Å². The summed E-state index contributed by atoms with van der Waals surface area (Å²) in [4.78, 5) is 4.22. The predicted octanol–water partition coefficient (Wildman–Crippen LogP) is 2.48. The number of hydrogen-bond acceptors (Lipinski definition) is 4. The number of ether oxygens (including phenoxy) is 1. The summed E-state index contributed by atoms with van der Waals surface area (Å²) in [5.74, 6) is 0.907. The van der Waals surface area contributed by atoms with Crippen LogP contribution in [-0.2, 0) is 13.0 Å². The molecule has 0 saturated carbocycles. The molecule has 1 N–H and O–H groups in total. The van der Waals surface area contributed by atoms with Gasteiger partial charge in [-0.3, -0.25) is 0 Å². The monoisotopic (exact) mass is 248 g/mol. The summed E-state index contributed by atoms with van der Waals surface area (Å²) in [7, 11) is 1.68. The summed E-state index contributed by atoms with van der Waals surface area (Å²) in [5.41, 5.74) is 4.29. The molecular formula is C13H16N2OS. The van der Waals surface area contributed by atoms with Gasteiger partial charge in [0.05, 0.1) is 18.3 Å². The molecule has 1 aromatic carbocycles. The van der Waals surface area contributed by atoms with Crippen LogP contribution in [0.25, 0.3) is 0 Å². The van der Waals surface area contributed by atoms with Crippen LogP contribution in [-0.4, -0.2) is 18.6 Å². The second-order valence-corrected chi connectivity index (χ2v) is 4.47. The molecule has 0 aliphatic heterocycles. The predicted molar refractivity (Wildman–Crippen MR) is 70.5 cm³/mol. The molecule has 17 heavy (non-hydrogen) atoms. The van der Waals surface area contributed by atoms with Gasteiger partial charge in [0.2, 0.25) is 0 Å². The number of aromatic nitrogens is 1. The lowest BCUT2D eigenvalue weighted by Crippen LogP contribution is -2.16. The van der Waals surface area contributed by atoms with E-state index in [-0.39, 0.29) is 0 Å². The number of hydrogen-bond donors (Lipinski definition) is 1. The zero-order valence-electron chi connectivity index (χ0n) is 9.85. The first-order valence-corrected chi connectivity index (χ1v) is 6.53. The minimum absolute atomic E-state index is 0.847. The first-order chi connectivity index (χ1) is 8.38. The first-order valence-electron chi connectivity index (χ1n) is 5.59. The number of methoxy groups -OCH3 is 1. The van der Waals surface area contributed by atoms with Crippen molar-refractivity contribution in [3.63, 3.8) is 0 Å². The van der Waals surface area contributed by atoms with Gasteiger partial charge in [0.15, 0.2) is 0 Å². The van der Waals surface area contributed by atoms with Gasteiger partial charge in [-0.1, -0.05) is 12.1 Å². The van der Waals surface area contributed by atoms with Crippen LogP contribution in [0, 0.1) is 0 Å². The molecule has 0 aliphatic rings. The van der Waals surface area contributed by atoms with Crippen molar-refractivity contribution < 1.29 is 4.74 Å². The molecule has 4 heteroatoms. The Morgan fingerprint density at radius 2 is 2.12 bits per heavy atom. The molecule has 90 valence electrons. The Balaban J connectivity index is 1.70. The van der Waals surface area contributed by atoms with Gasteiger partial charge in [0.25, 0.3) is 0 Å². The highest BCUT2D eigenvalue weighted by atomic mass is 32.1. The largest absolute Gasteiger partial charge is 0.497 e. The highest BCUT2D eigenvalue weighted by molar-refractivity contribution is 7.07. The van der Waals surface area contributed by atoms with E-state index in [0.717, 1.165) is 31.0 Å². The Hall–Kier alpha value is -1.39. The van der Waals surface area contributed by atoms with Gasteiger partial charge in [0, 0.05) is 11.9 Å². The topological polar surface area (TPSA) is 34.1 Å². The maximum absolute atomic E-state index is 5.12. The number of nitrogens with zero attached hydrogens (tertiary/aromatic N) is 1. The Bertz CT molecular complexity index is 425. The lowest BCUT2D eigenvalue weighted by molar-refractivity contribution is 0.414. The molecule has 1 heterocycles. The molecular weight excluding hydrogens is 232 g/mol. The van der Waals surface area contributed by atoms with Crippen molar-refractivity contribution in [2.45, 2.75) is 13.0 Å². The molecule has 1 aromatic heterocycles. The van der Waals surface area contributed by atoms with Gasteiger partial charge >= 0.3 is 0 Å². The van der Waals surface area contributed by atoms with Gasteiger partial charge in [-0.2, -0.15) is 0 Å². The third kappa shape index (κ3) is 3.84. The molecule has 0 atom stereocenters. The number of nitrogens with one attached hydrogen (secondary N) is 1. The fourth-order valence-corrected chi connectivity index (χ4v) is 2.12. The summed E-state index contributed by atoms with van der Waals surface area (Å²) >= 11 is 1.63. The van der Waals surface area contributed by atoms with E-state index in [1.165, 1.54) is 5.56 Å². The van der Waals surface area contributed by atoms with Gasteiger partial charge in [0.1, 0.15) is 5.75 Å². The maximum atomic E-state index is 5.12. The first kappa shape index (κ1) is 12.1. The average molecular weight is 248 g/mol. The number of rotatable bonds is 6. The molecule has 0 amide bonds. The lowest BCUT2D eigenvalue weighted by atomic mass is 10.1. The van der Waals surface area contributed by atoms with Gasteiger partial charge in [-0.05, 0) is 30.7 Å². The normalized spacial score (nSPS) is 10.4. The fraction of sp³-hybridized carbons (Fsp3) is 0.308. The number of thiazole rings is 1. The molecule has 0 aliphatic carbocycles. The van der Waals surface area contributed by atoms with Gasteiger partial charge < -0.3 is 10.1 Å². The van der Waals surface area contributed by atoms with Crippen molar-refractivity contribution in [1.29, 1.82) is 0 Å². The SMILES string of the molecule is COc1ccc(CCNCc2cscn2)cc1. The Kier molecular flexibility index (Phi) is 4.53. The van der Waals surface area contributed by atoms with Crippen molar-refractivity contribution in [1.82, 2.24) is 10.3 Å². The van der Waals surface area contributed by atoms with Crippen LogP contribution in [0.4, 0.5) is 0 Å². The van der Waals surface area contributed by atoms with Crippen molar-refractivity contribution in [2.75, 3.05) is 13.7 Å². The van der Waals surface area contributed by atoms with Crippen molar-refractivity contribution in [3.05, 3.63) is 46.4 Å². The molecule has 2 rings (SSSR count). The van der Waals surface area contributed by atoms with Crippen molar-refractivity contribution in [2.24, 2.45) is 0 Å². The second kappa shape index (κ2) is 6.37. The van der Waals surface area contributed by atoms with Crippen LogP contribution in [0.1, 0.15) is 11.3 Å². The highest BCUT2D eigenvalue weighted by Gasteiger charge is 1.96. The van der Waals surface area contributed by atoms with E-state index in [2.05, 4.69) is 27.8 Å². The zero-order chi connectivity index (χ0) is 11.9. The summed E-state index contributed by atoms with van der Waals surface area (Å²) in [6, 6.07) is 8.19. The summed E-state index contributed by atoms with van der Waals surface area (Å²) < 4.78 is 5.12. The second-order valence-electron chi connectivity index (χ2n) is 3.75. The standard InChI is InChI=1S/C13H16N2OS/c1-16-13-4-2-11(3-5-13)6-7-14-8-12-9-17-10-15-12/h2-5,9-10,14H,6-8H2,1H3. The molecule has 3 nitrogen and oxygen atoms in total. The smallest absolute Gasteiger partial charge is 0.118 e. The Labute approximate surface area is 105 Å². The quantitative estimate of drug-likeness (QED) is 0.797. The molecule has 0 unspecified atom stereocenters. The third-order valence-corrected chi connectivity index (χ3v) is 3.17. The van der Waals surface area contributed by atoms with E-state index in [4.69, 9.17) is 4.74 Å². The van der Waals surface area contributed by atoms with Crippen LogP contribution >= 0.6 is 11.3 Å². The maximum Gasteiger partial charge on any atom is 0.118 e. The molecule has 0 radical (unpaired) electrons. The molecule has 0 spiro atoms. The average Bonchev–Trinajstić information content (AvgIpc) is 2.88. The van der Waals surface area contributed by atoms with E-state index in [0.29, 0.717) is 0 Å². The molecule has 0 bridgehead atoms. The Morgan fingerprint density at radius 3 is 2.76 bits per heavy atom. The molecule has 2 aromatic rings. The van der Waals surface area contributed by atoms with E-state index in [1.54, 1.807) is 18.4 Å². The highest BCUT2D eigenvalue weighted by Crippen LogP contribution is 2.11. The minimum atomic E-state index is 0.847. The molecule has 0 fully saturated rings. The van der Waals surface area contributed by atoms with Crippen LogP contribution in [0.5, 0.6) is 5.75 Å². The van der Waals surface area contributed by atoms with Gasteiger partial charge in [-0.15, -0.1) is 11.3 Å². The van der Waals surface area contributed by atoms with Crippen molar-refractivity contribution >= 4 is 11.3 Å². The zero-order valence-corrected chi connectivity index (χ0v) is 10.7. The summed E-state index contributed by atoms with van der Waals surface area (Å²) in [6.45, 7) is 1.81. The van der Waals surface area contributed by atoms with Crippen LogP contribution in [0.2, 0.25) is 0 Å². The Morgan fingerprint density at radius 1 is 1.29 bits per heavy atom. The summed E-state index contributed by atoms with van der Waals surface area (Å²) in [5, 5.41) is 5.45. The third-order valence-electron chi connectivity index (χ3n) is 2.54. The van der Waals surface area contributed by atoms with Crippen LogP contribution in [0.15, 0.2) is 35.2 Å². The number of benzene rings is 1. The van der Waals surface area contributed by atoms with Crippen LogP contribution in [0.3, 0.4) is 0 Å². The van der Waals surface area contributed by atoms with E-state index < -0.39 is 0 Å². The minimum Gasteiger partial charge on any atom is -0.497 e. The fourth-order valence-electron chi connectivity index (χ4n) is 1.57. The lowest BCUT2D eigenvalue weighted by Gasteiger charge is -2.04. The van der Waals surface area contributed by atoms with E-state index in [9.17, 15) is 0 Å². The van der Waals surface area contributed by atoms with Gasteiger partial charge in [-0.25, -0.2) is 4.98 Å². The van der Waals surface area contributed by atoms with E-state index in [1.807, 2.05) is 17.6 Å². The summed E-state index contributed by atoms with van der Waals surface area (Å²) in [6.07, 6.45) is 1.02.